The summed E-state index contributed by atoms with van der Waals surface area (Å²) in [5, 5.41) is 2.85. The van der Waals surface area contributed by atoms with E-state index >= 15 is 0 Å². The molecule has 1 aliphatic rings. The van der Waals surface area contributed by atoms with Crippen LogP contribution in [0.5, 0.6) is 0 Å². The Balaban J connectivity index is 1.51. The maximum absolute atomic E-state index is 13.0. The second-order valence-electron chi connectivity index (χ2n) is 8.65. The first-order valence-corrected chi connectivity index (χ1v) is 13.5. The average Bonchev–Trinajstić information content (AvgIpc) is 2.88. The maximum atomic E-state index is 13.0. The van der Waals surface area contributed by atoms with Crippen molar-refractivity contribution in [2.75, 3.05) is 29.0 Å². The monoisotopic (exact) mass is 491 g/mol. The zero-order valence-corrected chi connectivity index (χ0v) is 20.5. The van der Waals surface area contributed by atoms with Crippen molar-refractivity contribution < 1.29 is 18.0 Å². The molecule has 0 spiro atoms. The number of nitrogens with one attached hydrogen (secondary N) is 1. The third-order valence-corrected chi connectivity index (χ3v) is 7.18. The molecule has 0 bridgehead atoms. The van der Waals surface area contributed by atoms with Crippen molar-refractivity contribution >= 4 is 33.2 Å². The lowest BCUT2D eigenvalue weighted by Gasteiger charge is -2.27. The van der Waals surface area contributed by atoms with Gasteiger partial charge in [0.2, 0.25) is 10.0 Å². The molecule has 1 N–H and O–H groups in total. The number of rotatable bonds is 7. The Morgan fingerprint density at radius 1 is 0.857 bits per heavy atom. The third-order valence-electron chi connectivity index (χ3n) is 6.04. The lowest BCUT2D eigenvalue weighted by Crippen LogP contribution is -2.36. The number of hydrogen-bond donors (Lipinski definition) is 1. The van der Waals surface area contributed by atoms with Crippen LogP contribution in [-0.2, 0) is 16.6 Å². The van der Waals surface area contributed by atoms with E-state index in [1.54, 1.807) is 48.5 Å². The van der Waals surface area contributed by atoms with Gasteiger partial charge in [0.1, 0.15) is 0 Å². The summed E-state index contributed by atoms with van der Waals surface area (Å²) in [7, 11) is -3.53. The molecule has 0 aliphatic carbocycles. The smallest absolute Gasteiger partial charge is 0.255 e. The van der Waals surface area contributed by atoms with Gasteiger partial charge in [0.15, 0.2) is 0 Å². The van der Waals surface area contributed by atoms with Gasteiger partial charge < -0.3 is 10.2 Å². The molecule has 3 aromatic rings. The Hall–Kier alpha value is -3.65. The fourth-order valence-corrected chi connectivity index (χ4v) is 5.06. The first kappa shape index (κ1) is 24.5. The lowest BCUT2D eigenvalue weighted by atomic mass is 10.1. The number of para-hydroxylation sites is 1. The fourth-order valence-electron chi connectivity index (χ4n) is 4.17. The summed E-state index contributed by atoms with van der Waals surface area (Å²) in [6.07, 6.45) is 4.26. The van der Waals surface area contributed by atoms with Gasteiger partial charge in [0.25, 0.3) is 11.8 Å². The number of likely N-dealkylation sites (tertiary alicyclic amines) is 1. The Morgan fingerprint density at radius 3 is 2.14 bits per heavy atom. The van der Waals surface area contributed by atoms with E-state index in [1.165, 1.54) is 4.31 Å². The van der Waals surface area contributed by atoms with Crippen molar-refractivity contribution in [1.29, 1.82) is 0 Å². The molecule has 7 nitrogen and oxygen atoms in total. The number of carbonyl (C=O) groups excluding carboxylic acids is 2. The van der Waals surface area contributed by atoms with Gasteiger partial charge in [-0.05, 0) is 61.2 Å². The average molecular weight is 492 g/mol. The van der Waals surface area contributed by atoms with Crippen LogP contribution in [0.2, 0.25) is 0 Å². The van der Waals surface area contributed by atoms with Crippen molar-refractivity contribution in [2.24, 2.45) is 0 Å². The number of benzene rings is 3. The molecule has 1 fully saturated rings. The topological polar surface area (TPSA) is 86.8 Å². The van der Waals surface area contributed by atoms with Gasteiger partial charge in [-0.3, -0.25) is 13.9 Å². The Kier molecular flexibility index (Phi) is 7.51. The van der Waals surface area contributed by atoms with E-state index < -0.39 is 10.0 Å². The summed E-state index contributed by atoms with van der Waals surface area (Å²) in [4.78, 5) is 27.8. The van der Waals surface area contributed by atoms with E-state index in [0.29, 0.717) is 22.5 Å². The summed E-state index contributed by atoms with van der Waals surface area (Å²) in [5.41, 5.74) is 2.61. The van der Waals surface area contributed by atoms with Crippen LogP contribution in [0.1, 0.15) is 45.5 Å². The molecule has 35 heavy (non-hydrogen) atoms. The van der Waals surface area contributed by atoms with Gasteiger partial charge in [-0.25, -0.2) is 8.42 Å². The molecule has 1 saturated heterocycles. The van der Waals surface area contributed by atoms with Crippen LogP contribution in [0.25, 0.3) is 0 Å². The van der Waals surface area contributed by atoms with Crippen molar-refractivity contribution in [2.45, 2.75) is 25.8 Å². The summed E-state index contributed by atoms with van der Waals surface area (Å²) in [5.74, 6) is -0.454. The molecule has 0 unspecified atom stereocenters. The van der Waals surface area contributed by atoms with Crippen molar-refractivity contribution in [3.63, 3.8) is 0 Å². The molecule has 0 radical (unpaired) electrons. The number of amides is 2. The predicted molar refractivity (Wildman–Crippen MR) is 138 cm³/mol. The molecular weight excluding hydrogens is 462 g/mol. The zero-order chi connectivity index (χ0) is 24.8. The highest BCUT2D eigenvalue weighted by Crippen LogP contribution is 2.23. The summed E-state index contributed by atoms with van der Waals surface area (Å²) >= 11 is 0. The van der Waals surface area contributed by atoms with E-state index in [9.17, 15) is 18.0 Å². The second-order valence-corrected chi connectivity index (χ2v) is 10.6. The molecule has 182 valence electrons. The van der Waals surface area contributed by atoms with Crippen LogP contribution in [0, 0.1) is 0 Å². The minimum atomic E-state index is -3.53. The van der Waals surface area contributed by atoms with Crippen molar-refractivity contribution in [3.05, 3.63) is 95.6 Å². The van der Waals surface area contributed by atoms with E-state index in [0.717, 1.165) is 44.2 Å². The number of carbonyl (C=O) groups is 2. The second kappa shape index (κ2) is 10.7. The minimum Gasteiger partial charge on any atom is -0.339 e. The molecule has 8 heteroatoms. The van der Waals surface area contributed by atoms with Crippen molar-refractivity contribution in [3.8, 4) is 0 Å². The van der Waals surface area contributed by atoms with E-state index in [-0.39, 0.29) is 18.4 Å². The highest BCUT2D eigenvalue weighted by atomic mass is 32.2. The van der Waals surface area contributed by atoms with Gasteiger partial charge in [-0.2, -0.15) is 0 Å². The predicted octanol–water partition coefficient (Wildman–Crippen LogP) is 4.53. The van der Waals surface area contributed by atoms with Crippen LogP contribution in [0.4, 0.5) is 11.4 Å². The zero-order valence-electron chi connectivity index (χ0n) is 19.7. The van der Waals surface area contributed by atoms with Crippen molar-refractivity contribution in [1.82, 2.24) is 4.90 Å². The molecule has 0 atom stereocenters. The molecule has 1 heterocycles. The molecule has 3 aromatic carbocycles. The minimum absolute atomic E-state index is 0.0827. The molecule has 2 amide bonds. The first-order valence-electron chi connectivity index (χ1n) is 11.6. The number of anilines is 2. The molecule has 4 rings (SSSR count). The molecule has 0 aromatic heterocycles. The van der Waals surface area contributed by atoms with Crippen LogP contribution in [0.3, 0.4) is 0 Å². The van der Waals surface area contributed by atoms with Crippen LogP contribution < -0.4 is 9.62 Å². The SMILES string of the molecule is CS(=O)(=O)N(Cc1ccccc1)c1ccc(C(=O)Nc2ccccc2C(=O)N2CCCCC2)cc1. The van der Waals surface area contributed by atoms with Crippen LogP contribution >= 0.6 is 0 Å². The van der Waals surface area contributed by atoms with Crippen LogP contribution in [0.15, 0.2) is 78.9 Å². The normalized spacial score (nSPS) is 13.8. The lowest BCUT2D eigenvalue weighted by molar-refractivity contribution is 0.0725. The Morgan fingerprint density at radius 2 is 1.49 bits per heavy atom. The summed E-state index contributed by atoms with van der Waals surface area (Å²) < 4.78 is 26.2. The quantitative estimate of drug-likeness (QED) is 0.526. The summed E-state index contributed by atoms with van der Waals surface area (Å²) in [6, 6.07) is 22.7. The molecule has 1 aliphatic heterocycles. The first-order chi connectivity index (χ1) is 16.8. The highest BCUT2D eigenvalue weighted by Gasteiger charge is 2.22. The highest BCUT2D eigenvalue weighted by molar-refractivity contribution is 7.92. The van der Waals surface area contributed by atoms with Crippen LogP contribution in [-0.4, -0.2) is 44.5 Å². The van der Waals surface area contributed by atoms with E-state index in [1.807, 2.05) is 35.2 Å². The van der Waals surface area contributed by atoms with Gasteiger partial charge in [-0.1, -0.05) is 42.5 Å². The third kappa shape index (κ3) is 6.08. The summed E-state index contributed by atoms with van der Waals surface area (Å²) in [6.45, 7) is 1.64. The number of nitrogens with zero attached hydrogens (tertiary/aromatic N) is 2. The van der Waals surface area contributed by atoms with Gasteiger partial charge >= 0.3 is 0 Å². The molecule has 0 saturated carbocycles. The van der Waals surface area contributed by atoms with Gasteiger partial charge in [-0.15, -0.1) is 0 Å². The molecular formula is C27H29N3O4S. The number of sulfonamides is 1. The standard InChI is InChI=1S/C27H29N3O4S/c1-35(33,34)30(20-21-10-4-2-5-11-21)23-16-14-22(15-17-23)26(31)28-25-13-7-6-12-24(25)27(32)29-18-8-3-9-19-29/h2,4-7,10-17H,3,8-9,18-20H2,1H3,(H,28,31). The Bertz CT molecular complexity index is 1290. The van der Waals surface area contributed by atoms with Gasteiger partial charge in [0.05, 0.1) is 29.7 Å². The number of hydrogen-bond acceptors (Lipinski definition) is 4. The van der Waals surface area contributed by atoms with Gasteiger partial charge in [0, 0.05) is 18.7 Å². The van der Waals surface area contributed by atoms with E-state index in [4.69, 9.17) is 0 Å². The van der Waals surface area contributed by atoms with E-state index in [2.05, 4.69) is 5.32 Å². The largest absolute Gasteiger partial charge is 0.339 e. The number of piperidine rings is 1. The fraction of sp³-hybridized carbons (Fsp3) is 0.259. The Labute approximate surface area is 206 Å². The maximum Gasteiger partial charge on any atom is 0.255 e.